The van der Waals surface area contributed by atoms with Crippen molar-refractivity contribution in [2.24, 2.45) is 0 Å². The average molecular weight is 567 g/mol. The number of thioether (sulfide) groups is 1. The minimum absolute atomic E-state index is 0.231. The van der Waals surface area contributed by atoms with Crippen LogP contribution in [-0.2, 0) is 16.2 Å². The number of nitrogens with one attached hydrogen (secondary N) is 1. The molecule has 0 saturated carbocycles. The van der Waals surface area contributed by atoms with E-state index in [-0.39, 0.29) is 11.4 Å². The second-order valence-electron chi connectivity index (χ2n) is 7.71. The molecule has 1 fully saturated rings. The van der Waals surface area contributed by atoms with Crippen LogP contribution in [0.4, 0.5) is 10.5 Å². The number of rotatable bonds is 9. The topological polar surface area (TPSA) is 84.9 Å². The number of halogens is 1. The molecule has 3 aromatic rings. The van der Waals surface area contributed by atoms with E-state index < -0.39 is 17.1 Å². The molecular weight excluding hydrogens is 544 g/mol. The summed E-state index contributed by atoms with van der Waals surface area (Å²) in [7, 11) is 0. The predicted molar refractivity (Wildman–Crippen MR) is 144 cm³/mol. The maximum absolute atomic E-state index is 12.9. The van der Waals surface area contributed by atoms with Crippen molar-refractivity contribution in [3.05, 3.63) is 93.3 Å². The lowest BCUT2D eigenvalue weighted by Crippen LogP contribution is -2.36. The molecule has 0 aliphatic carbocycles. The minimum atomic E-state index is -0.519. The molecule has 0 unspecified atom stereocenters. The van der Waals surface area contributed by atoms with E-state index in [9.17, 15) is 14.4 Å². The van der Waals surface area contributed by atoms with Gasteiger partial charge in [0.25, 0.3) is 11.1 Å². The Hall–Kier alpha value is -3.56. The zero-order valence-corrected chi connectivity index (χ0v) is 21.8. The lowest BCUT2D eigenvalue weighted by atomic mass is 10.1. The van der Waals surface area contributed by atoms with Crippen LogP contribution in [-0.4, -0.2) is 35.1 Å². The summed E-state index contributed by atoms with van der Waals surface area (Å²) in [5.74, 6) is 0.127. The fraction of sp³-hybridized carbons (Fsp3) is 0.148. The van der Waals surface area contributed by atoms with Gasteiger partial charge in [0.15, 0.2) is 11.5 Å². The summed E-state index contributed by atoms with van der Waals surface area (Å²) in [5, 5.41) is 2.20. The summed E-state index contributed by atoms with van der Waals surface area (Å²) < 4.78 is 12.4. The number of carbonyl (C=O) groups is 3. The highest BCUT2D eigenvalue weighted by molar-refractivity contribution is 9.10. The molecule has 1 N–H and O–H groups in total. The summed E-state index contributed by atoms with van der Waals surface area (Å²) in [6.45, 7) is 2.33. The molecular formula is C27H23BrN2O5S. The van der Waals surface area contributed by atoms with Crippen LogP contribution in [0.1, 0.15) is 18.1 Å². The van der Waals surface area contributed by atoms with Gasteiger partial charge in [-0.3, -0.25) is 19.3 Å². The third kappa shape index (κ3) is 6.35. The number of para-hydroxylation sites is 1. The van der Waals surface area contributed by atoms with Gasteiger partial charge in [-0.05, 0) is 76.1 Å². The van der Waals surface area contributed by atoms with Gasteiger partial charge in [-0.15, -0.1) is 0 Å². The van der Waals surface area contributed by atoms with Crippen molar-refractivity contribution in [1.29, 1.82) is 0 Å². The van der Waals surface area contributed by atoms with Crippen molar-refractivity contribution in [3.8, 4) is 11.5 Å². The van der Waals surface area contributed by atoms with Crippen LogP contribution in [0, 0.1) is 0 Å². The van der Waals surface area contributed by atoms with Crippen molar-refractivity contribution < 1.29 is 23.9 Å². The van der Waals surface area contributed by atoms with Crippen molar-refractivity contribution >= 4 is 56.5 Å². The molecule has 0 aromatic heterocycles. The zero-order chi connectivity index (χ0) is 25.5. The van der Waals surface area contributed by atoms with Crippen LogP contribution in [0.2, 0.25) is 0 Å². The van der Waals surface area contributed by atoms with E-state index in [4.69, 9.17) is 9.47 Å². The van der Waals surface area contributed by atoms with E-state index in [2.05, 4.69) is 21.2 Å². The third-order valence-corrected chi connectivity index (χ3v) is 6.72. The molecule has 1 aliphatic rings. The molecule has 0 bridgehead atoms. The molecule has 7 nitrogen and oxygen atoms in total. The van der Waals surface area contributed by atoms with E-state index in [0.717, 1.165) is 22.2 Å². The van der Waals surface area contributed by atoms with Gasteiger partial charge in [0.05, 0.1) is 17.2 Å². The number of imide groups is 1. The predicted octanol–water partition coefficient (Wildman–Crippen LogP) is 6.10. The third-order valence-electron chi connectivity index (χ3n) is 5.13. The van der Waals surface area contributed by atoms with E-state index in [0.29, 0.717) is 40.4 Å². The molecule has 0 atom stereocenters. The molecule has 184 valence electrons. The van der Waals surface area contributed by atoms with Gasteiger partial charge in [0, 0.05) is 4.47 Å². The zero-order valence-electron chi connectivity index (χ0n) is 19.4. The van der Waals surface area contributed by atoms with Gasteiger partial charge < -0.3 is 14.8 Å². The van der Waals surface area contributed by atoms with Crippen LogP contribution in [0.25, 0.3) is 6.08 Å². The van der Waals surface area contributed by atoms with E-state index in [1.54, 1.807) is 42.5 Å². The van der Waals surface area contributed by atoms with Gasteiger partial charge in [-0.2, -0.15) is 0 Å². The van der Waals surface area contributed by atoms with Gasteiger partial charge in [-0.1, -0.05) is 48.5 Å². The first-order valence-corrected chi connectivity index (χ1v) is 12.8. The fourth-order valence-electron chi connectivity index (χ4n) is 3.42. The Kier molecular flexibility index (Phi) is 8.45. The first-order valence-electron chi connectivity index (χ1n) is 11.2. The second kappa shape index (κ2) is 11.9. The summed E-state index contributed by atoms with van der Waals surface area (Å²) in [5.41, 5.74) is 2.26. The van der Waals surface area contributed by atoms with Crippen molar-refractivity contribution in [3.63, 3.8) is 0 Å². The van der Waals surface area contributed by atoms with Gasteiger partial charge in [0.1, 0.15) is 13.2 Å². The highest BCUT2D eigenvalue weighted by Crippen LogP contribution is 2.35. The molecule has 0 spiro atoms. The Labute approximate surface area is 221 Å². The van der Waals surface area contributed by atoms with Crippen molar-refractivity contribution in [1.82, 2.24) is 4.90 Å². The Balaban J connectivity index is 1.45. The molecule has 3 aromatic carbocycles. The minimum Gasteiger partial charge on any atom is -0.490 e. The van der Waals surface area contributed by atoms with Crippen molar-refractivity contribution in [2.75, 3.05) is 18.5 Å². The molecule has 4 rings (SSSR count). The molecule has 1 heterocycles. The van der Waals surface area contributed by atoms with E-state index >= 15 is 0 Å². The number of carbonyl (C=O) groups excluding carboxylic acids is 3. The summed E-state index contributed by atoms with van der Waals surface area (Å²) in [4.78, 5) is 39.0. The summed E-state index contributed by atoms with van der Waals surface area (Å²) in [6, 6.07) is 22.2. The Bertz CT molecular complexity index is 1310. The molecule has 0 radical (unpaired) electrons. The number of amides is 3. The highest BCUT2D eigenvalue weighted by Gasteiger charge is 2.36. The van der Waals surface area contributed by atoms with Gasteiger partial charge in [0.2, 0.25) is 5.91 Å². The molecule has 1 aliphatic heterocycles. The number of ether oxygens (including phenoxy) is 2. The highest BCUT2D eigenvalue weighted by atomic mass is 79.9. The Morgan fingerprint density at radius 2 is 1.75 bits per heavy atom. The van der Waals surface area contributed by atoms with Crippen LogP contribution < -0.4 is 14.8 Å². The average Bonchev–Trinajstić information content (AvgIpc) is 3.13. The van der Waals surface area contributed by atoms with Crippen LogP contribution in [0.5, 0.6) is 11.5 Å². The fourth-order valence-corrected chi connectivity index (χ4v) is 4.64. The molecule has 36 heavy (non-hydrogen) atoms. The summed E-state index contributed by atoms with van der Waals surface area (Å²) >= 11 is 4.15. The SMILES string of the molecule is CCOc1cc(/C=C2/SC(=O)N(CC(=O)Nc3ccccc3Br)C2=O)ccc1OCc1ccccc1. The Morgan fingerprint density at radius 3 is 2.50 bits per heavy atom. The van der Waals surface area contributed by atoms with Crippen molar-refractivity contribution in [2.45, 2.75) is 13.5 Å². The Morgan fingerprint density at radius 1 is 1.00 bits per heavy atom. The van der Waals surface area contributed by atoms with Crippen LogP contribution >= 0.6 is 27.7 Å². The maximum Gasteiger partial charge on any atom is 0.294 e. The molecule has 9 heteroatoms. The largest absolute Gasteiger partial charge is 0.490 e. The second-order valence-corrected chi connectivity index (χ2v) is 9.56. The monoisotopic (exact) mass is 566 g/mol. The van der Waals surface area contributed by atoms with E-state index in [1.165, 1.54) is 0 Å². The standard InChI is InChI=1S/C27H23BrN2O5S/c1-2-34-23-14-19(12-13-22(23)35-17-18-8-4-3-5-9-18)15-24-26(32)30(27(33)36-24)16-25(31)29-21-11-7-6-10-20(21)28/h3-15H,2,16-17H2,1H3,(H,29,31)/b24-15+. The first kappa shape index (κ1) is 25.5. The molecule has 1 saturated heterocycles. The van der Waals surface area contributed by atoms with Gasteiger partial charge in [-0.25, -0.2) is 0 Å². The first-order chi connectivity index (χ1) is 17.4. The lowest BCUT2D eigenvalue weighted by Gasteiger charge is -2.13. The van der Waals surface area contributed by atoms with Crippen LogP contribution in [0.15, 0.2) is 82.2 Å². The number of nitrogens with zero attached hydrogens (tertiary/aromatic N) is 1. The maximum atomic E-state index is 12.9. The van der Waals surface area contributed by atoms with Gasteiger partial charge >= 0.3 is 0 Å². The number of hydrogen-bond donors (Lipinski definition) is 1. The number of hydrogen-bond acceptors (Lipinski definition) is 6. The normalized spacial score (nSPS) is 14.3. The lowest BCUT2D eigenvalue weighted by molar-refractivity contribution is -0.127. The number of anilines is 1. The number of benzene rings is 3. The quantitative estimate of drug-likeness (QED) is 0.315. The smallest absolute Gasteiger partial charge is 0.294 e. The van der Waals surface area contributed by atoms with Crippen LogP contribution in [0.3, 0.4) is 0 Å². The molecule has 3 amide bonds. The summed E-state index contributed by atoms with van der Waals surface area (Å²) in [6.07, 6.45) is 1.61. The van der Waals surface area contributed by atoms with E-state index in [1.807, 2.05) is 43.3 Å².